The van der Waals surface area contributed by atoms with Crippen LogP contribution < -0.4 is 18.9 Å². The Labute approximate surface area is 132 Å². The Hall–Kier alpha value is -0.223. The van der Waals surface area contributed by atoms with E-state index in [0.717, 1.165) is 13.1 Å². The van der Waals surface area contributed by atoms with Crippen molar-refractivity contribution in [1.29, 1.82) is 0 Å². The number of hydrogen-bond donors (Lipinski definition) is 0. The molecule has 0 saturated carbocycles. The molecule has 102 valence electrons. The van der Waals surface area contributed by atoms with Crippen molar-refractivity contribution in [2.24, 2.45) is 0 Å². The van der Waals surface area contributed by atoms with Crippen LogP contribution in [0.3, 0.4) is 0 Å². The van der Waals surface area contributed by atoms with Crippen LogP contribution in [-0.4, -0.2) is 18.0 Å². The molecule has 1 nitrogen and oxygen atoms in total. The maximum atomic E-state index is 3.31. The topological polar surface area (TPSA) is 3.24 Å². The summed E-state index contributed by atoms with van der Waals surface area (Å²) >= 11 is 0. The van der Waals surface area contributed by atoms with Gasteiger partial charge in [0.1, 0.15) is 0 Å². The summed E-state index contributed by atoms with van der Waals surface area (Å²) in [5, 5.41) is 0. The van der Waals surface area contributed by atoms with Crippen LogP contribution in [0.15, 0.2) is 24.3 Å². The monoisotopic (exact) mass is 253 g/mol. The largest absolute Gasteiger partial charge is 1.00 e. The molecule has 0 spiro atoms. The predicted octanol–water partition coefficient (Wildman–Crippen LogP) is 1.67. The van der Waals surface area contributed by atoms with E-state index in [2.05, 4.69) is 36.9 Å². The molecular formula is C17H28LiN. The van der Waals surface area contributed by atoms with Crippen molar-refractivity contribution < 1.29 is 18.9 Å². The van der Waals surface area contributed by atoms with E-state index in [1.54, 1.807) is 0 Å². The van der Waals surface area contributed by atoms with Crippen LogP contribution in [0.1, 0.15) is 57.9 Å². The minimum absolute atomic E-state index is 0. The van der Waals surface area contributed by atoms with Crippen molar-refractivity contribution >= 4 is 0 Å². The molecule has 0 unspecified atom stereocenters. The molecule has 19 heavy (non-hydrogen) atoms. The third kappa shape index (κ3) is 9.33. The van der Waals surface area contributed by atoms with Crippen molar-refractivity contribution in [3.63, 3.8) is 0 Å². The predicted molar refractivity (Wildman–Crippen MR) is 79.6 cm³/mol. The van der Waals surface area contributed by atoms with E-state index < -0.39 is 0 Å². The quantitative estimate of drug-likeness (QED) is 0.348. The fourth-order valence-corrected chi connectivity index (χ4v) is 2.23. The Bertz CT molecular complexity index is 287. The van der Waals surface area contributed by atoms with E-state index in [1.807, 2.05) is 12.1 Å². The second-order valence-electron chi connectivity index (χ2n) is 5.02. The van der Waals surface area contributed by atoms with Gasteiger partial charge in [0.2, 0.25) is 0 Å². The summed E-state index contributed by atoms with van der Waals surface area (Å²) in [4.78, 5) is 2.52. The van der Waals surface area contributed by atoms with Crippen molar-refractivity contribution in [3.8, 4) is 0 Å². The number of benzene rings is 1. The van der Waals surface area contributed by atoms with E-state index in [0.29, 0.717) is 0 Å². The normalized spacial score (nSPS) is 10.5. The van der Waals surface area contributed by atoms with Gasteiger partial charge in [-0.25, -0.2) is 0 Å². The number of hydrogen-bond acceptors (Lipinski definition) is 1. The van der Waals surface area contributed by atoms with Gasteiger partial charge in [0.25, 0.3) is 0 Å². The molecule has 0 aliphatic rings. The summed E-state index contributed by atoms with van der Waals surface area (Å²) in [6.07, 6.45) is 8.28. The number of nitrogens with zero attached hydrogens (tertiary/aromatic N) is 1. The average molecular weight is 253 g/mol. The minimum atomic E-state index is 0. The maximum Gasteiger partial charge on any atom is 1.00 e. The molecule has 0 bridgehead atoms. The second kappa shape index (κ2) is 12.8. The van der Waals surface area contributed by atoms with Gasteiger partial charge in [-0.1, -0.05) is 46.0 Å². The first-order valence-corrected chi connectivity index (χ1v) is 7.54. The van der Waals surface area contributed by atoms with Gasteiger partial charge in [-0.05, 0) is 19.5 Å². The van der Waals surface area contributed by atoms with Crippen LogP contribution in [0.25, 0.3) is 0 Å². The fourth-order valence-electron chi connectivity index (χ4n) is 2.23. The molecule has 0 amide bonds. The molecule has 0 saturated heterocycles. The standard InChI is InChI=1S/C17H28N.Li/c1-3-5-6-7-8-12-15-18(4-2)16-17-13-10-9-11-14-17;/h9-11,13H,3-8,12,15-16H2,1-2H3;/q-1;+1. The van der Waals surface area contributed by atoms with E-state index >= 15 is 0 Å². The molecule has 0 radical (unpaired) electrons. The Morgan fingerprint density at radius 2 is 1.74 bits per heavy atom. The third-order valence-corrected chi connectivity index (χ3v) is 3.44. The molecule has 0 N–H and O–H groups in total. The zero-order chi connectivity index (χ0) is 13.1. The van der Waals surface area contributed by atoms with Crippen molar-refractivity contribution in [2.75, 3.05) is 13.1 Å². The van der Waals surface area contributed by atoms with Gasteiger partial charge in [-0.3, -0.25) is 0 Å². The van der Waals surface area contributed by atoms with Gasteiger partial charge in [-0.15, -0.1) is 5.56 Å². The summed E-state index contributed by atoms with van der Waals surface area (Å²) < 4.78 is 0. The van der Waals surface area contributed by atoms with Crippen molar-refractivity contribution in [3.05, 3.63) is 35.9 Å². The molecule has 0 aromatic heterocycles. The van der Waals surface area contributed by atoms with Gasteiger partial charge in [0.15, 0.2) is 0 Å². The first kappa shape index (κ1) is 18.8. The first-order valence-electron chi connectivity index (χ1n) is 7.54. The van der Waals surface area contributed by atoms with Gasteiger partial charge in [-0.2, -0.15) is 30.3 Å². The fraction of sp³-hybridized carbons (Fsp3) is 0.647. The SMILES string of the molecule is CCCCCCCCN(CC)Cc1[c-]cccc1.[Li+]. The van der Waals surface area contributed by atoms with E-state index in [9.17, 15) is 0 Å². The summed E-state index contributed by atoms with van der Waals surface area (Å²) in [5.41, 5.74) is 1.31. The van der Waals surface area contributed by atoms with Gasteiger partial charge in [0, 0.05) is 6.54 Å². The summed E-state index contributed by atoms with van der Waals surface area (Å²) in [5.74, 6) is 0. The number of unbranched alkanes of at least 4 members (excludes halogenated alkanes) is 5. The third-order valence-electron chi connectivity index (χ3n) is 3.44. The Balaban J connectivity index is 0.00000324. The summed E-state index contributed by atoms with van der Waals surface area (Å²) in [7, 11) is 0. The van der Waals surface area contributed by atoms with Crippen LogP contribution >= 0.6 is 0 Å². The Kier molecular flexibility index (Phi) is 12.6. The van der Waals surface area contributed by atoms with Crippen molar-refractivity contribution in [1.82, 2.24) is 4.90 Å². The van der Waals surface area contributed by atoms with Crippen LogP contribution in [0.5, 0.6) is 0 Å². The molecule has 1 aromatic carbocycles. The van der Waals surface area contributed by atoms with Gasteiger partial charge >= 0.3 is 18.9 Å². The Morgan fingerprint density at radius 1 is 1.00 bits per heavy atom. The Morgan fingerprint density at radius 3 is 2.37 bits per heavy atom. The van der Waals surface area contributed by atoms with Crippen LogP contribution in [0.4, 0.5) is 0 Å². The van der Waals surface area contributed by atoms with Gasteiger partial charge in [0.05, 0.1) is 0 Å². The smallest absolute Gasteiger partial charge is 0.301 e. The van der Waals surface area contributed by atoms with Crippen LogP contribution in [0.2, 0.25) is 0 Å². The van der Waals surface area contributed by atoms with Gasteiger partial charge < -0.3 is 4.90 Å². The van der Waals surface area contributed by atoms with Crippen LogP contribution in [-0.2, 0) is 6.54 Å². The second-order valence-corrected chi connectivity index (χ2v) is 5.02. The molecule has 0 fully saturated rings. The maximum absolute atomic E-state index is 3.31. The molecule has 0 heterocycles. The molecular weight excluding hydrogens is 225 g/mol. The zero-order valence-electron chi connectivity index (χ0n) is 13.1. The molecule has 1 rings (SSSR count). The molecule has 0 atom stereocenters. The van der Waals surface area contributed by atoms with E-state index in [1.165, 1.54) is 50.6 Å². The van der Waals surface area contributed by atoms with E-state index in [-0.39, 0.29) is 18.9 Å². The summed E-state index contributed by atoms with van der Waals surface area (Å²) in [6.45, 7) is 7.94. The first-order chi connectivity index (χ1) is 8.86. The molecule has 0 aliphatic heterocycles. The van der Waals surface area contributed by atoms with Crippen molar-refractivity contribution in [2.45, 2.75) is 58.9 Å². The van der Waals surface area contributed by atoms with Crippen LogP contribution in [0, 0.1) is 6.07 Å². The molecule has 0 aliphatic carbocycles. The minimum Gasteiger partial charge on any atom is -0.301 e. The molecule has 2 heteroatoms. The number of rotatable bonds is 10. The zero-order valence-corrected chi connectivity index (χ0v) is 13.1. The van der Waals surface area contributed by atoms with E-state index in [4.69, 9.17) is 0 Å². The average Bonchev–Trinajstić information content (AvgIpc) is 2.42. The molecule has 1 aromatic rings. The summed E-state index contributed by atoms with van der Waals surface area (Å²) in [6, 6.07) is 11.6.